The average Bonchev–Trinajstić information content (AvgIpc) is 3.05. The van der Waals surface area contributed by atoms with Gasteiger partial charge in [0.25, 0.3) is 0 Å². The van der Waals surface area contributed by atoms with E-state index in [9.17, 15) is 9.90 Å². The molecular weight excluding hydrogens is 360 g/mol. The summed E-state index contributed by atoms with van der Waals surface area (Å²) in [6, 6.07) is 0. The molecule has 150 valence electrons. The summed E-state index contributed by atoms with van der Waals surface area (Å²) in [5, 5.41) is 11.8. The molecule has 1 N–H and O–H groups in total. The van der Waals surface area contributed by atoms with E-state index >= 15 is 0 Å². The molecule has 1 aromatic heterocycles. The van der Waals surface area contributed by atoms with Crippen molar-refractivity contribution in [2.45, 2.75) is 55.8 Å². The highest BCUT2D eigenvalue weighted by molar-refractivity contribution is 5.70. The summed E-state index contributed by atoms with van der Waals surface area (Å²) >= 11 is 0. The molecule has 27 heavy (non-hydrogen) atoms. The van der Waals surface area contributed by atoms with Crippen LogP contribution in [-0.4, -0.2) is 82.7 Å². The van der Waals surface area contributed by atoms with E-state index in [1.807, 2.05) is 0 Å². The van der Waals surface area contributed by atoms with Gasteiger partial charge in [0.15, 0.2) is 17.5 Å². The Labute approximate surface area is 156 Å². The number of aromatic nitrogens is 2. The van der Waals surface area contributed by atoms with Crippen LogP contribution in [0, 0.1) is 0 Å². The number of carbonyl (C=O) groups is 1. The normalized spacial score (nSPS) is 43.0. The van der Waals surface area contributed by atoms with Gasteiger partial charge in [-0.15, -0.1) is 0 Å². The van der Waals surface area contributed by atoms with Crippen molar-refractivity contribution < 1.29 is 38.3 Å². The van der Waals surface area contributed by atoms with Crippen LogP contribution in [0.4, 0.5) is 4.79 Å². The molecule has 10 nitrogen and oxygen atoms in total. The van der Waals surface area contributed by atoms with Gasteiger partial charge in [-0.3, -0.25) is 0 Å². The Bertz CT molecular complexity index is 719. The number of methoxy groups -OCH3 is 1. The van der Waals surface area contributed by atoms with Gasteiger partial charge in [0.2, 0.25) is 5.79 Å². The zero-order valence-electron chi connectivity index (χ0n) is 15.7. The number of rotatable bonds is 3. The van der Waals surface area contributed by atoms with E-state index in [1.165, 1.54) is 30.4 Å². The summed E-state index contributed by atoms with van der Waals surface area (Å²) in [7, 11) is 1.43. The molecule has 0 amide bonds. The number of ether oxygens (including phenoxy) is 6. The first kappa shape index (κ1) is 18.8. The van der Waals surface area contributed by atoms with E-state index in [1.54, 1.807) is 20.8 Å². The number of nitrogens with zero attached hydrogens (tertiary/aromatic N) is 2. The molecule has 0 bridgehead atoms. The number of imidazole rings is 1. The van der Waals surface area contributed by atoms with E-state index in [0.29, 0.717) is 0 Å². The van der Waals surface area contributed by atoms with Crippen molar-refractivity contribution in [3.8, 4) is 0 Å². The number of carbonyl (C=O) groups excluding carboxylic acids is 1. The van der Waals surface area contributed by atoms with Gasteiger partial charge in [-0.25, -0.2) is 14.3 Å². The van der Waals surface area contributed by atoms with Crippen LogP contribution in [0.2, 0.25) is 0 Å². The minimum absolute atomic E-state index is 0.0164. The third-order valence-electron chi connectivity index (χ3n) is 5.44. The highest BCUT2D eigenvalue weighted by Gasteiger charge is 2.78. The number of aliphatic hydroxyl groups is 1. The lowest BCUT2D eigenvalue weighted by Gasteiger charge is -2.53. The second-order valence-corrected chi connectivity index (χ2v) is 7.69. The first-order valence-corrected chi connectivity index (χ1v) is 8.73. The van der Waals surface area contributed by atoms with E-state index < -0.39 is 41.1 Å². The monoisotopic (exact) mass is 384 g/mol. The Kier molecular flexibility index (Phi) is 4.15. The molecule has 3 aliphatic rings. The molecule has 3 saturated heterocycles. The van der Waals surface area contributed by atoms with Gasteiger partial charge in [0, 0.05) is 19.5 Å². The third-order valence-corrected chi connectivity index (χ3v) is 5.44. The van der Waals surface area contributed by atoms with Crippen molar-refractivity contribution >= 4 is 6.09 Å². The van der Waals surface area contributed by atoms with Crippen molar-refractivity contribution in [3.63, 3.8) is 0 Å². The molecule has 0 radical (unpaired) electrons. The van der Waals surface area contributed by atoms with E-state index in [-0.39, 0.29) is 19.8 Å². The summed E-state index contributed by atoms with van der Waals surface area (Å²) in [5.41, 5.74) is -2.78. The molecule has 0 aromatic carbocycles. The van der Waals surface area contributed by atoms with Crippen LogP contribution in [0.3, 0.4) is 0 Å². The predicted molar refractivity (Wildman–Crippen MR) is 87.8 cm³/mol. The maximum Gasteiger partial charge on any atom is 0.419 e. The molecule has 1 unspecified atom stereocenters. The van der Waals surface area contributed by atoms with E-state index in [0.717, 1.165) is 0 Å². The Balaban J connectivity index is 1.66. The minimum Gasteiger partial charge on any atom is -0.440 e. The Morgan fingerprint density at radius 3 is 2.52 bits per heavy atom. The molecule has 4 heterocycles. The number of hydrogen-bond donors (Lipinski definition) is 1. The van der Waals surface area contributed by atoms with Crippen LogP contribution >= 0.6 is 0 Å². The van der Waals surface area contributed by atoms with Crippen molar-refractivity contribution in [2.75, 3.05) is 26.9 Å². The van der Waals surface area contributed by atoms with Crippen LogP contribution in [0.5, 0.6) is 0 Å². The molecule has 3 fully saturated rings. The van der Waals surface area contributed by atoms with Crippen molar-refractivity contribution in [3.05, 3.63) is 18.7 Å². The molecule has 10 heteroatoms. The van der Waals surface area contributed by atoms with Crippen molar-refractivity contribution in [2.24, 2.45) is 0 Å². The lowest BCUT2D eigenvalue weighted by atomic mass is 9.73. The maximum absolute atomic E-state index is 12.3. The van der Waals surface area contributed by atoms with Gasteiger partial charge >= 0.3 is 6.09 Å². The fraction of sp³-hybridized carbons (Fsp3) is 0.765. The average molecular weight is 384 g/mol. The zero-order chi connectivity index (χ0) is 19.5. The molecule has 5 atom stereocenters. The van der Waals surface area contributed by atoms with Crippen LogP contribution in [0.25, 0.3) is 0 Å². The third kappa shape index (κ3) is 2.71. The molecule has 1 spiro atoms. The van der Waals surface area contributed by atoms with Gasteiger partial charge in [0.05, 0.1) is 13.2 Å². The first-order chi connectivity index (χ1) is 12.7. The molecule has 3 aliphatic heterocycles. The summed E-state index contributed by atoms with van der Waals surface area (Å²) in [5.74, 6) is -2.47. The number of hydrogen-bond acceptors (Lipinski definition) is 9. The lowest BCUT2D eigenvalue weighted by molar-refractivity contribution is -0.391. The summed E-state index contributed by atoms with van der Waals surface area (Å²) in [4.78, 5) is 16.2. The fourth-order valence-corrected chi connectivity index (χ4v) is 3.89. The van der Waals surface area contributed by atoms with E-state index in [2.05, 4.69) is 4.98 Å². The Morgan fingerprint density at radius 1 is 1.26 bits per heavy atom. The number of epoxide rings is 1. The standard InChI is InChI=1S/C17H24N2O8/c1-14(2)24-9-16(27-14)17(21,15(3)8-25-15)12(22-4)11(7-23-16)26-13(20)19-6-5-18-10-19/h5-6,10-12,21H,7-9H2,1-4H3/t11-,12-,15?,16+,17+/m1/s1. The lowest BCUT2D eigenvalue weighted by Crippen LogP contribution is -2.77. The van der Waals surface area contributed by atoms with Crippen LogP contribution in [-0.2, 0) is 28.4 Å². The van der Waals surface area contributed by atoms with Gasteiger partial charge in [0.1, 0.15) is 24.6 Å². The zero-order valence-corrected chi connectivity index (χ0v) is 15.7. The van der Waals surface area contributed by atoms with Crippen LogP contribution in [0.15, 0.2) is 18.7 Å². The van der Waals surface area contributed by atoms with Gasteiger partial charge < -0.3 is 33.5 Å². The van der Waals surface area contributed by atoms with E-state index in [4.69, 9.17) is 28.4 Å². The van der Waals surface area contributed by atoms with Crippen LogP contribution in [0.1, 0.15) is 20.8 Å². The van der Waals surface area contributed by atoms with Gasteiger partial charge in [-0.1, -0.05) is 0 Å². The SMILES string of the molecule is CO[C@@H]1[C@H](OC(=O)n2ccnc2)CO[C@]2(COC(C)(C)O2)[C@@]1(O)C1(C)CO1. The topological polar surface area (TPSA) is 114 Å². The first-order valence-electron chi connectivity index (χ1n) is 8.73. The fourth-order valence-electron chi connectivity index (χ4n) is 3.89. The quantitative estimate of drug-likeness (QED) is 0.734. The van der Waals surface area contributed by atoms with Crippen molar-refractivity contribution in [1.82, 2.24) is 9.55 Å². The van der Waals surface area contributed by atoms with Gasteiger partial charge in [-0.2, -0.15) is 0 Å². The van der Waals surface area contributed by atoms with Gasteiger partial charge in [-0.05, 0) is 20.8 Å². The predicted octanol–water partition coefficient (Wildman–Crippen LogP) is 0.281. The second kappa shape index (κ2) is 5.97. The molecule has 0 saturated carbocycles. The summed E-state index contributed by atoms with van der Waals surface area (Å²) in [6.07, 6.45) is 1.72. The Hall–Kier alpha value is -1.56. The highest BCUT2D eigenvalue weighted by Crippen LogP contribution is 2.55. The molecule has 1 aromatic rings. The highest BCUT2D eigenvalue weighted by atomic mass is 16.8. The molecule has 4 rings (SSSR count). The van der Waals surface area contributed by atoms with Crippen LogP contribution < -0.4 is 0 Å². The smallest absolute Gasteiger partial charge is 0.419 e. The Morgan fingerprint density at radius 2 is 2.00 bits per heavy atom. The maximum atomic E-state index is 12.3. The molecule has 0 aliphatic carbocycles. The second-order valence-electron chi connectivity index (χ2n) is 7.69. The minimum atomic E-state index is -1.78. The van der Waals surface area contributed by atoms with Crippen molar-refractivity contribution in [1.29, 1.82) is 0 Å². The summed E-state index contributed by atoms with van der Waals surface area (Å²) in [6.45, 7) is 5.41. The molecular formula is C17H24N2O8. The summed E-state index contributed by atoms with van der Waals surface area (Å²) < 4.78 is 35.5. The largest absolute Gasteiger partial charge is 0.440 e.